The van der Waals surface area contributed by atoms with Crippen molar-refractivity contribution in [1.82, 2.24) is 9.97 Å². The molecule has 0 spiro atoms. The summed E-state index contributed by atoms with van der Waals surface area (Å²) >= 11 is 0. The molecule has 1 unspecified atom stereocenters. The predicted octanol–water partition coefficient (Wildman–Crippen LogP) is 5.78. The smallest absolute Gasteiger partial charge is 0.162 e. The maximum absolute atomic E-state index is 4.86. The Labute approximate surface area is 153 Å². The molecular formula is C23H21N3. The van der Waals surface area contributed by atoms with E-state index >= 15 is 0 Å². The van der Waals surface area contributed by atoms with Crippen LogP contribution in [0.2, 0.25) is 0 Å². The molecule has 1 N–H and O–H groups in total. The number of aryl methyl sites for hydroxylation is 1. The third-order valence-corrected chi connectivity index (χ3v) is 4.53. The molecule has 0 aliphatic heterocycles. The van der Waals surface area contributed by atoms with Gasteiger partial charge in [-0.05, 0) is 37.6 Å². The summed E-state index contributed by atoms with van der Waals surface area (Å²) in [5.74, 6) is 1.61. The van der Waals surface area contributed by atoms with E-state index in [1.165, 1.54) is 11.1 Å². The number of nitrogens with zero attached hydrogens (tertiary/aromatic N) is 2. The highest BCUT2D eigenvalue weighted by Gasteiger charge is 2.12. The Kier molecular flexibility index (Phi) is 4.36. The lowest BCUT2D eigenvalue weighted by atomic mass is 10.1. The van der Waals surface area contributed by atoms with Gasteiger partial charge in [-0.3, -0.25) is 0 Å². The van der Waals surface area contributed by atoms with Crippen LogP contribution in [0.5, 0.6) is 0 Å². The summed E-state index contributed by atoms with van der Waals surface area (Å²) in [6.07, 6.45) is 0. The van der Waals surface area contributed by atoms with Crippen molar-refractivity contribution in [3.63, 3.8) is 0 Å². The van der Waals surface area contributed by atoms with E-state index in [1.54, 1.807) is 0 Å². The first kappa shape index (κ1) is 16.3. The van der Waals surface area contributed by atoms with Gasteiger partial charge in [-0.1, -0.05) is 66.2 Å². The van der Waals surface area contributed by atoms with Gasteiger partial charge < -0.3 is 5.32 Å². The summed E-state index contributed by atoms with van der Waals surface area (Å²) in [7, 11) is 0. The fourth-order valence-electron chi connectivity index (χ4n) is 3.13. The molecule has 3 heteroatoms. The zero-order valence-corrected chi connectivity index (χ0v) is 15.0. The summed E-state index contributed by atoms with van der Waals surface area (Å²) in [5, 5.41) is 4.61. The van der Waals surface area contributed by atoms with Gasteiger partial charge in [-0.25, -0.2) is 9.97 Å². The van der Waals surface area contributed by atoms with Crippen LogP contribution in [0.15, 0.2) is 78.9 Å². The first-order chi connectivity index (χ1) is 12.7. The molecule has 0 saturated heterocycles. The van der Waals surface area contributed by atoms with Gasteiger partial charge in [0.15, 0.2) is 5.82 Å². The van der Waals surface area contributed by atoms with Crippen molar-refractivity contribution >= 4 is 16.7 Å². The second kappa shape index (κ2) is 6.96. The van der Waals surface area contributed by atoms with Gasteiger partial charge in [0.1, 0.15) is 5.82 Å². The van der Waals surface area contributed by atoms with Crippen molar-refractivity contribution < 1.29 is 0 Å². The second-order valence-corrected chi connectivity index (χ2v) is 6.56. The van der Waals surface area contributed by atoms with Gasteiger partial charge in [0.25, 0.3) is 0 Å². The largest absolute Gasteiger partial charge is 0.363 e. The minimum atomic E-state index is 0.153. The van der Waals surface area contributed by atoms with Crippen LogP contribution >= 0.6 is 0 Å². The Balaban J connectivity index is 1.80. The topological polar surface area (TPSA) is 37.8 Å². The maximum atomic E-state index is 4.86. The van der Waals surface area contributed by atoms with E-state index in [2.05, 4.69) is 67.7 Å². The molecule has 26 heavy (non-hydrogen) atoms. The molecule has 4 rings (SSSR count). The number of fused-ring (bicyclic) bond motifs is 1. The molecule has 1 aromatic heterocycles. The average Bonchev–Trinajstić information content (AvgIpc) is 2.68. The van der Waals surface area contributed by atoms with Gasteiger partial charge in [0.05, 0.1) is 5.52 Å². The monoisotopic (exact) mass is 339 g/mol. The van der Waals surface area contributed by atoms with Gasteiger partial charge in [0.2, 0.25) is 0 Å². The average molecular weight is 339 g/mol. The van der Waals surface area contributed by atoms with Gasteiger partial charge in [-0.15, -0.1) is 0 Å². The first-order valence-electron chi connectivity index (χ1n) is 8.86. The van der Waals surface area contributed by atoms with E-state index < -0.39 is 0 Å². The predicted molar refractivity (Wildman–Crippen MR) is 108 cm³/mol. The van der Waals surface area contributed by atoms with Crippen LogP contribution in [-0.4, -0.2) is 9.97 Å². The Morgan fingerprint density at radius 2 is 1.58 bits per heavy atom. The molecule has 3 aromatic carbocycles. The Hall–Kier alpha value is -3.20. The van der Waals surface area contributed by atoms with Crippen molar-refractivity contribution in [1.29, 1.82) is 0 Å². The van der Waals surface area contributed by atoms with E-state index in [1.807, 2.05) is 30.3 Å². The quantitative estimate of drug-likeness (QED) is 0.512. The summed E-state index contributed by atoms with van der Waals surface area (Å²) in [6.45, 7) is 4.24. The normalized spacial score (nSPS) is 12.1. The van der Waals surface area contributed by atoms with E-state index in [0.29, 0.717) is 0 Å². The zero-order chi connectivity index (χ0) is 17.9. The van der Waals surface area contributed by atoms with Crippen molar-refractivity contribution in [3.8, 4) is 11.4 Å². The third kappa shape index (κ3) is 3.29. The Bertz CT molecular complexity index is 1040. The van der Waals surface area contributed by atoms with Crippen molar-refractivity contribution in [2.24, 2.45) is 0 Å². The molecule has 0 aliphatic rings. The number of nitrogens with one attached hydrogen (secondary N) is 1. The molecule has 128 valence electrons. The highest BCUT2D eigenvalue weighted by atomic mass is 15.0. The highest BCUT2D eigenvalue weighted by molar-refractivity contribution is 5.90. The number of aromatic nitrogens is 2. The van der Waals surface area contributed by atoms with E-state index in [9.17, 15) is 0 Å². The van der Waals surface area contributed by atoms with Crippen LogP contribution in [0.1, 0.15) is 24.1 Å². The van der Waals surface area contributed by atoms with Crippen LogP contribution in [0.4, 0.5) is 5.82 Å². The van der Waals surface area contributed by atoms with Crippen molar-refractivity contribution in [2.45, 2.75) is 19.9 Å². The highest BCUT2D eigenvalue weighted by Crippen LogP contribution is 2.28. The van der Waals surface area contributed by atoms with Gasteiger partial charge in [0, 0.05) is 17.0 Å². The fourth-order valence-corrected chi connectivity index (χ4v) is 3.13. The molecule has 1 atom stereocenters. The van der Waals surface area contributed by atoms with Crippen LogP contribution in [0, 0.1) is 6.92 Å². The standard InChI is InChI=1S/C23H21N3/c1-16-9-8-12-19(15-16)22-25-21-14-7-6-13-20(21)23(26-22)24-17(2)18-10-4-3-5-11-18/h3-15,17H,1-2H3,(H,24,25,26). The molecule has 0 aliphatic carbocycles. The van der Waals surface area contributed by atoms with Gasteiger partial charge in [-0.2, -0.15) is 0 Å². The Morgan fingerprint density at radius 3 is 2.38 bits per heavy atom. The first-order valence-corrected chi connectivity index (χ1v) is 8.86. The summed E-state index contributed by atoms with van der Waals surface area (Å²) in [5.41, 5.74) is 4.41. The molecular weight excluding hydrogens is 318 g/mol. The molecule has 0 amide bonds. The molecule has 0 radical (unpaired) electrons. The summed E-state index contributed by atoms with van der Waals surface area (Å²) in [4.78, 5) is 9.63. The lowest BCUT2D eigenvalue weighted by molar-refractivity contribution is 0.876. The van der Waals surface area contributed by atoms with Crippen molar-refractivity contribution in [2.75, 3.05) is 5.32 Å². The van der Waals surface area contributed by atoms with E-state index in [0.717, 1.165) is 28.1 Å². The molecule has 0 bridgehead atoms. The molecule has 3 nitrogen and oxygen atoms in total. The lowest BCUT2D eigenvalue weighted by Gasteiger charge is -2.17. The molecule has 0 fully saturated rings. The lowest BCUT2D eigenvalue weighted by Crippen LogP contribution is -2.09. The Morgan fingerprint density at radius 1 is 0.808 bits per heavy atom. The molecule has 0 saturated carbocycles. The molecule has 1 heterocycles. The number of anilines is 1. The minimum Gasteiger partial charge on any atom is -0.363 e. The fraction of sp³-hybridized carbons (Fsp3) is 0.130. The van der Waals surface area contributed by atoms with E-state index in [4.69, 9.17) is 9.97 Å². The van der Waals surface area contributed by atoms with Crippen LogP contribution < -0.4 is 5.32 Å². The van der Waals surface area contributed by atoms with Gasteiger partial charge >= 0.3 is 0 Å². The van der Waals surface area contributed by atoms with Crippen LogP contribution in [0.25, 0.3) is 22.3 Å². The maximum Gasteiger partial charge on any atom is 0.162 e. The SMILES string of the molecule is Cc1cccc(-c2nc(NC(C)c3ccccc3)c3ccccc3n2)c1. The number of hydrogen-bond acceptors (Lipinski definition) is 3. The van der Waals surface area contributed by atoms with Crippen molar-refractivity contribution in [3.05, 3.63) is 90.0 Å². The van der Waals surface area contributed by atoms with Crippen LogP contribution in [-0.2, 0) is 0 Å². The molecule has 4 aromatic rings. The minimum absolute atomic E-state index is 0.153. The third-order valence-electron chi connectivity index (χ3n) is 4.53. The zero-order valence-electron chi connectivity index (χ0n) is 15.0. The number of hydrogen-bond donors (Lipinski definition) is 1. The summed E-state index contributed by atoms with van der Waals surface area (Å²) < 4.78 is 0. The number of benzene rings is 3. The number of para-hydroxylation sites is 1. The number of rotatable bonds is 4. The second-order valence-electron chi connectivity index (χ2n) is 6.56. The van der Waals surface area contributed by atoms with E-state index in [-0.39, 0.29) is 6.04 Å². The van der Waals surface area contributed by atoms with Crippen LogP contribution in [0.3, 0.4) is 0 Å². The summed E-state index contributed by atoms with van der Waals surface area (Å²) in [6, 6.07) is 27.0.